The third-order valence-electron chi connectivity index (χ3n) is 3.95. The summed E-state index contributed by atoms with van der Waals surface area (Å²) in [4.78, 5) is 12.3. The molecule has 0 amide bonds. The zero-order valence-corrected chi connectivity index (χ0v) is 18.5. The molecule has 1 heterocycles. The van der Waals surface area contributed by atoms with Crippen LogP contribution in [-0.4, -0.2) is 31.0 Å². The molecule has 142 valence electrons. The first-order valence-electron chi connectivity index (χ1n) is 7.91. The Labute approximate surface area is 161 Å². The van der Waals surface area contributed by atoms with E-state index in [0.29, 0.717) is 11.1 Å². The minimum atomic E-state index is -3.76. The highest BCUT2D eigenvalue weighted by Crippen LogP contribution is 2.33. The maximum absolute atomic E-state index is 12.9. The fourth-order valence-electron chi connectivity index (χ4n) is 3.10. The molecule has 0 aliphatic heterocycles. The molecule has 26 heavy (non-hydrogen) atoms. The maximum Gasteiger partial charge on any atom is 0.215 e. The monoisotopic (exact) mass is 429 g/mol. The van der Waals surface area contributed by atoms with Gasteiger partial charge in [0.2, 0.25) is 9.84 Å². The SMILES string of the molecule is CC(=O)C(c1cc(CS(=O)[O-])cc(S(=O)(=O)c2cccs2)c1)[Si](C)(C)C. The summed E-state index contributed by atoms with van der Waals surface area (Å²) in [6.07, 6.45) is 0. The standard InChI is InChI=1S/C17H22O5S3Si/c1-12(18)17(26(2,3)4)14-8-13(11-24(19)20)9-15(10-14)25(21,22)16-6-5-7-23-16/h5-10,17H,11H2,1-4H3,(H,19,20)/p-1. The van der Waals surface area contributed by atoms with Gasteiger partial charge in [-0.1, -0.05) is 42.9 Å². The topological polar surface area (TPSA) is 91.3 Å². The van der Waals surface area contributed by atoms with Gasteiger partial charge < -0.3 is 4.55 Å². The van der Waals surface area contributed by atoms with Crippen molar-refractivity contribution in [3.05, 3.63) is 46.8 Å². The highest BCUT2D eigenvalue weighted by molar-refractivity contribution is 7.93. The van der Waals surface area contributed by atoms with E-state index in [1.807, 2.05) is 19.6 Å². The molecule has 1 aromatic heterocycles. The minimum absolute atomic E-state index is 0.0300. The van der Waals surface area contributed by atoms with Gasteiger partial charge in [0.05, 0.1) is 13.0 Å². The van der Waals surface area contributed by atoms with Crippen molar-refractivity contribution in [3.63, 3.8) is 0 Å². The van der Waals surface area contributed by atoms with Crippen LogP contribution in [0.3, 0.4) is 0 Å². The highest BCUT2D eigenvalue weighted by Gasteiger charge is 2.33. The molecule has 2 aromatic rings. The Hall–Kier alpha value is -1.13. The van der Waals surface area contributed by atoms with Gasteiger partial charge in [-0.2, -0.15) is 0 Å². The molecule has 0 radical (unpaired) electrons. The van der Waals surface area contributed by atoms with E-state index in [0.717, 1.165) is 11.3 Å². The van der Waals surface area contributed by atoms with Gasteiger partial charge in [-0.15, -0.1) is 11.3 Å². The van der Waals surface area contributed by atoms with E-state index < -0.39 is 34.5 Å². The number of benzene rings is 1. The third kappa shape index (κ3) is 4.77. The van der Waals surface area contributed by atoms with Crippen molar-refractivity contribution < 1.29 is 22.0 Å². The van der Waals surface area contributed by atoms with E-state index in [1.54, 1.807) is 17.5 Å². The molecule has 0 aliphatic carbocycles. The first kappa shape index (κ1) is 21.2. The summed E-state index contributed by atoms with van der Waals surface area (Å²) < 4.78 is 48.3. The first-order chi connectivity index (χ1) is 11.9. The summed E-state index contributed by atoms with van der Waals surface area (Å²) in [7, 11) is -5.76. The van der Waals surface area contributed by atoms with Crippen LogP contribution >= 0.6 is 11.3 Å². The Bertz CT molecular complexity index is 928. The van der Waals surface area contributed by atoms with Gasteiger partial charge >= 0.3 is 0 Å². The summed E-state index contributed by atoms with van der Waals surface area (Å²) in [5, 5.41) is 1.67. The predicted molar refractivity (Wildman–Crippen MR) is 106 cm³/mol. The molecule has 0 spiro atoms. The van der Waals surface area contributed by atoms with Gasteiger partial charge in [-0.05, 0) is 41.6 Å². The zero-order chi connectivity index (χ0) is 19.7. The number of rotatable bonds is 7. The van der Waals surface area contributed by atoms with E-state index in [-0.39, 0.29) is 20.6 Å². The van der Waals surface area contributed by atoms with E-state index in [4.69, 9.17) is 0 Å². The fraction of sp³-hybridized carbons (Fsp3) is 0.353. The summed E-state index contributed by atoms with van der Waals surface area (Å²) in [5.41, 5.74) is 0.546. The van der Waals surface area contributed by atoms with Gasteiger partial charge in [0.15, 0.2) is 0 Å². The van der Waals surface area contributed by atoms with Crippen LogP contribution in [0.15, 0.2) is 44.8 Å². The maximum atomic E-state index is 12.9. The number of hydrogen-bond donors (Lipinski definition) is 0. The molecule has 2 unspecified atom stereocenters. The molecular formula is C17H21O5S3Si-. The number of thiophene rings is 1. The van der Waals surface area contributed by atoms with Crippen LogP contribution < -0.4 is 0 Å². The lowest BCUT2D eigenvalue weighted by Gasteiger charge is -2.28. The molecule has 2 atom stereocenters. The van der Waals surface area contributed by atoms with Crippen LogP contribution in [0.4, 0.5) is 0 Å². The summed E-state index contributed by atoms with van der Waals surface area (Å²) in [6.45, 7) is 7.59. The molecule has 5 nitrogen and oxygen atoms in total. The number of ketones is 1. The van der Waals surface area contributed by atoms with Gasteiger partial charge in [0.25, 0.3) is 0 Å². The van der Waals surface area contributed by atoms with Gasteiger partial charge in [0, 0.05) is 11.3 Å². The molecule has 9 heteroatoms. The van der Waals surface area contributed by atoms with Crippen molar-refractivity contribution in [2.75, 3.05) is 0 Å². The molecule has 0 saturated heterocycles. The van der Waals surface area contributed by atoms with Crippen molar-refractivity contribution in [1.82, 2.24) is 0 Å². The Kier molecular flexibility index (Phi) is 6.39. The second-order valence-corrected chi connectivity index (χ2v) is 16.5. The quantitative estimate of drug-likeness (QED) is 0.496. The second-order valence-electron chi connectivity index (χ2n) is 7.20. The lowest BCUT2D eigenvalue weighted by molar-refractivity contribution is -0.116. The summed E-state index contributed by atoms with van der Waals surface area (Å²) in [6, 6.07) is 7.72. The summed E-state index contributed by atoms with van der Waals surface area (Å²) in [5.74, 6) is -0.332. The van der Waals surface area contributed by atoms with E-state index in [1.165, 1.54) is 25.1 Å². The minimum Gasteiger partial charge on any atom is -0.772 e. The smallest absolute Gasteiger partial charge is 0.215 e. The molecule has 0 aliphatic rings. The van der Waals surface area contributed by atoms with E-state index >= 15 is 0 Å². The Morgan fingerprint density at radius 2 is 1.92 bits per heavy atom. The average molecular weight is 430 g/mol. The third-order valence-corrected chi connectivity index (χ3v) is 10.1. The van der Waals surface area contributed by atoms with Crippen molar-refractivity contribution in [1.29, 1.82) is 0 Å². The highest BCUT2D eigenvalue weighted by atomic mass is 32.2. The van der Waals surface area contributed by atoms with Crippen LogP contribution in [0.25, 0.3) is 0 Å². The number of hydrogen-bond acceptors (Lipinski definition) is 6. The molecule has 0 N–H and O–H groups in total. The number of sulfone groups is 1. The normalized spacial score (nSPS) is 14.8. The van der Waals surface area contributed by atoms with Crippen molar-refractivity contribution >= 4 is 46.1 Å². The molecule has 1 aromatic carbocycles. The van der Waals surface area contributed by atoms with Crippen LogP contribution in [0, 0.1) is 0 Å². The molecule has 0 fully saturated rings. The van der Waals surface area contributed by atoms with Crippen molar-refractivity contribution in [3.8, 4) is 0 Å². The van der Waals surface area contributed by atoms with Crippen LogP contribution in [-0.2, 0) is 31.5 Å². The molecule has 0 saturated carbocycles. The van der Waals surface area contributed by atoms with Crippen LogP contribution in [0.2, 0.25) is 19.6 Å². The van der Waals surface area contributed by atoms with Gasteiger partial charge in [-0.3, -0.25) is 9.00 Å². The van der Waals surface area contributed by atoms with Crippen LogP contribution in [0.1, 0.15) is 23.6 Å². The van der Waals surface area contributed by atoms with Crippen molar-refractivity contribution in [2.45, 2.75) is 47.0 Å². The Balaban J connectivity index is 2.70. The lowest BCUT2D eigenvalue weighted by Crippen LogP contribution is -2.35. The lowest BCUT2D eigenvalue weighted by atomic mass is 10.1. The Morgan fingerprint density at radius 1 is 1.27 bits per heavy atom. The van der Waals surface area contributed by atoms with Gasteiger partial charge in [-0.25, -0.2) is 8.42 Å². The number of carbonyl (C=O) groups excluding carboxylic acids is 1. The van der Waals surface area contributed by atoms with E-state index in [9.17, 15) is 22.0 Å². The molecule has 0 bridgehead atoms. The molecular weight excluding hydrogens is 408 g/mol. The largest absolute Gasteiger partial charge is 0.772 e. The van der Waals surface area contributed by atoms with Crippen LogP contribution in [0.5, 0.6) is 0 Å². The van der Waals surface area contributed by atoms with Gasteiger partial charge in [0.1, 0.15) is 9.99 Å². The van der Waals surface area contributed by atoms with E-state index in [2.05, 4.69) is 0 Å². The predicted octanol–water partition coefficient (Wildman–Crippen LogP) is 3.51. The molecule has 2 rings (SSSR count). The van der Waals surface area contributed by atoms with Crippen molar-refractivity contribution in [2.24, 2.45) is 0 Å². The number of Topliss-reactive ketones (excluding diaryl/α,β-unsaturated/α-hetero) is 1. The first-order valence-corrected chi connectivity index (χ1v) is 15.1. The number of carbonyl (C=O) groups is 1. The zero-order valence-electron chi connectivity index (χ0n) is 15.0. The summed E-state index contributed by atoms with van der Waals surface area (Å²) >= 11 is -1.25. The second kappa shape index (κ2) is 7.85. The fourth-order valence-corrected chi connectivity index (χ4v) is 8.43. The Morgan fingerprint density at radius 3 is 2.38 bits per heavy atom. The average Bonchev–Trinajstić information content (AvgIpc) is 2.98.